The highest BCUT2D eigenvalue weighted by Crippen LogP contribution is 2.19. The monoisotopic (exact) mass is 432 g/mol. The third-order valence-electron chi connectivity index (χ3n) is 3.97. The molecule has 140 valence electrons. The molecule has 0 unspecified atom stereocenters. The fourth-order valence-electron chi connectivity index (χ4n) is 2.49. The number of aromatic nitrogens is 3. The Kier molecular flexibility index (Phi) is 6.18. The van der Waals surface area contributed by atoms with Gasteiger partial charge in [0.25, 0.3) is 0 Å². The number of nitrogens with zero attached hydrogens (tertiary/aromatic N) is 2. The van der Waals surface area contributed by atoms with Crippen LogP contribution in [0.5, 0.6) is 5.75 Å². The second kappa shape index (κ2) is 8.77. The molecule has 2 N–H and O–H groups in total. The van der Waals surface area contributed by atoms with Gasteiger partial charge in [0.1, 0.15) is 17.4 Å². The Bertz CT molecular complexity index is 928. The van der Waals surface area contributed by atoms with E-state index in [9.17, 15) is 9.18 Å². The molecule has 6 nitrogen and oxygen atoms in total. The summed E-state index contributed by atoms with van der Waals surface area (Å²) in [6.07, 6.45) is 0.524. The van der Waals surface area contributed by atoms with Crippen molar-refractivity contribution in [3.8, 4) is 17.1 Å². The van der Waals surface area contributed by atoms with Crippen molar-refractivity contribution in [2.45, 2.75) is 19.4 Å². The summed E-state index contributed by atoms with van der Waals surface area (Å²) < 4.78 is 19.6. The number of halogens is 2. The van der Waals surface area contributed by atoms with Gasteiger partial charge in [0.15, 0.2) is 5.82 Å². The zero-order valence-corrected chi connectivity index (χ0v) is 16.2. The van der Waals surface area contributed by atoms with Gasteiger partial charge in [0.2, 0.25) is 5.91 Å². The number of benzene rings is 2. The van der Waals surface area contributed by atoms with E-state index in [1.165, 1.54) is 6.07 Å². The van der Waals surface area contributed by atoms with E-state index >= 15 is 0 Å². The van der Waals surface area contributed by atoms with Crippen LogP contribution in [0.25, 0.3) is 11.4 Å². The fourth-order valence-corrected chi connectivity index (χ4v) is 2.82. The molecule has 0 spiro atoms. The first-order valence-electron chi connectivity index (χ1n) is 8.31. The third kappa shape index (κ3) is 5.13. The van der Waals surface area contributed by atoms with Crippen molar-refractivity contribution in [3.63, 3.8) is 0 Å². The summed E-state index contributed by atoms with van der Waals surface area (Å²) in [6, 6.07) is 12.2. The summed E-state index contributed by atoms with van der Waals surface area (Å²) >= 11 is 3.21. The lowest BCUT2D eigenvalue weighted by atomic mass is 10.1. The van der Waals surface area contributed by atoms with Crippen LogP contribution in [0.15, 0.2) is 46.9 Å². The molecular weight excluding hydrogens is 415 g/mol. The molecule has 0 bridgehead atoms. The molecule has 0 radical (unpaired) electrons. The van der Waals surface area contributed by atoms with E-state index in [-0.39, 0.29) is 24.7 Å². The number of carbonyl (C=O) groups excluding carboxylic acids is 1. The lowest BCUT2D eigenvalue weighted by Gasteiger charge is -2.05. The molecule has 3 rings (SSSR count). The Morgan fingerprint density at radius 2 is 2.04 bits per heavy atom. The van der Waals surface area contributed by atoms with Crippen LogP contribution in [0.2, 0.25) is 0 Å². The van der Waals surface area contributed by atoms with E-state index in [1.54, 1.807) is 19.2 Å². The van der Waals surface area contributed by atoms with Gasteiger partial charge in [-0.15, -0.1) is 0 Å². The van der Waals surface area contributed by atoms with E-state index in [2.05, 4.69) is 36.4 Å². The first-order chi connectivity index (χ1) is 13.0. The fraction of sp³-hybridized carbons (Fsp3) is 0.211. The van der Waals surface area contributed by atoms with Gasteiger partial charge in [-0.2, -0.15) is 5.10 Å². The number of aryl methyl sites for hydroxylation is 1. The molecule has 0 atom stereocenters. The quantitative estimate of drug-likeness (QED) is 0.597. The number of H-pyrrole nitrogens is 1. The minimum Gasteiger partial charge on any atom is -0.497 e. The molecule has 1 aromatic heterocycles. The van der Waals surface area contributed by atoms with Crippen LogP contribution in [0, 0.1) is 5.82 Å². The molecule has 0 aliphatic heterocycles. The lowest BCUT2D eigenvalue weighted by Crippen LogP contribution is -2.23. The number of nitrogens with one attached hydrogen (secondary N) is 2. The maximum absolute atomic E-state index is 13.8. The molecular formula is C19H18BrFN4O2. The number of hydrogen-bond acceptors (Lipinski definition) is 4. The van der Waals surface area contributed by atoms with Gasteiger partial charge in [0.05, 0.1) is 13.7 Å². The molecule has 1 heterocycles. The Labute approximate surface area is 164 Å². The summed E-state index contributed by atoms with van der Waals surface area (Å²) in [4.78, 5) is 16.4. The molecule has 3 aromatic rings. The smallest absolute Gasteiger partial charge is 0.220 e. The van der Waals surface area contributed by atoms with Gasteiger partial charge < -0.3 is 10.1 Å². The number of rotatable bonds is 7. The Hall–Kier alpha value is -2.74. The predicted molar refractivity (Wildman–Crippen MR) is 103 cm³/mol. The number of amides is 1. The minimum atomic E-state index is -0.323. The first-order valence-corrected chi connectivity index (χ1v) is 9.11. The Morgan fingerprint density at radius 1 is 1.26 bits per heavy atom. The van der Waals surface area contributed by atoms with Gasteiger partial charge in [-0.1, -0.05) is 22.0 Å². The van der Waals surface area contributed by atoms with Gasteiger partial charge in [-0.05, 0) is 48.4 Å². The van der Waals surface area contributed by atoms with Crippen molar-refractivity contribution in [1.82, 2.24) is 20.5 Å². The second-order valence-electron chi connectivity index (χ2n) is 5.85. The van der Waals surface area contributed by atoms with Crippen molar-refractivity contribution in [3.05, 3.63) is 64.1 Å². The van der Waals surface area contributed by atoms with Crippen LogP contribution in [-0.2, 0) is 17.8 Å². The molecule has 0 saturated carbocycles. The zero-order chi connectivity index (χ0) is 19.2. The number of methoxy groups -OCH3 is 1. The highest BCUT2D eigenvalue weighted by atomic mass is 79.9. The summed E-state index contributed by atoms with van der Waals surface area (Å²) in [7, 11) is 1.60. The molecule has 0 fully saturated rings. The van der Waals surface area contributed by atoms with Crippen molar-refractivity contribution in [1.29, 1.82) is 0 Å². The standard InChI is InChI=1S/C19H18BrFN4O2/c1-27-15-7-3-13(4-8-15)19-23-17(24-25-19)11-22-18(26)9-5-12-2-6-14(20)10-16(12)21/h2-4,6-8,10H,5,9,11H2,1H3,(H,22,26)(H,23,24,25). The molecule has 8 heteroatoms. The predicted octanol–water partition coefficient (Wildman–Crippen LogP) is 3.63. The van der Waals surface area contributed by atoms with Crippen LogP contribution in [0.3, 0.4) is 0 Å². The first kappa shape index (κ1) is 19.0. The highest BCUT2D eigenvalue weighted by molar-refractivity contribution is 9.10. The van der Waals surface area contributed by atoms with Crippen molar-refractivity contribution in [2.75, 3.05) is 7.11 Å². The number of carbonyl (C=O) groups is 1. The molecule has 1 amide bonds. The SMILES string of the molecule is COc1ccc(-c2n[nH]c(CNC(=O)CCc3ccc(Br)cc3F)n2)cc1. The number of aromatic amines is 1. The maximum atomic E-state index is 13.8. The number of hydrogen-bond donors (Lipinski definition) is 2. The van der Waals surface area contributed by atoms with Crippen LogP contribution >= 0.6 is 15.9 Å². The Morgan fingerprint density at radius 3 is 2.74 bits per heavy atom. The van der Waals surface area contributed by atoms with E-state index in [4.69, 9.17) is 4.74 Å². The normalized spacial score (nSPS) is 10.6. The molecule has 0 saturated heterocycles. The Balaban J connectivity index is 1.51. The summed E-state index contributed by atoms with van der Waals surface area (Å²) in [5.41, 5.74) is 1.35. The number of ether oxygens (including phenoxy) is 1. The van der Waals surface area contributed by atoms with Gasteiger partial charge in [-0.25, -0.2) is 9.37 Å². The van der Waals surface area contributed by atoms with Crippen LogP contribution in [0.1, 0.15) is 17.8 Å². The third-order valence-corrected chi connectivity index (χ3v) is 4.46. The van der Waals surface area contributed by atoms with Gasteiger partial charge in [-0.3, -0.25) is 9.89 Å². The van der Waals surface area contributed by atoms with E-state index in [0.29, 0.717) is 28.1 Å². The summed E-state index contributed by atoms with van der Waals surface area (Å²) in [5.74, 6) is 1.34. The van der Waals surface area contributed by atoms with Crippen molar-refractivity contribution >= 4 is 21.8 Å². The van der Waals surface area contributed by atoms with Crippen LogP contribution < -0.4 is 10.1 Å². The molecule has 0 aliphatic rings. The van der Waals surface area contributed by atoms with E-state index < -0.39 is 0 Å². The maximum Gasteiger partial charge on any atom is 0.220 e. The van der Waals surface area contributed by atoms with Crippen LogP contribution in [-0.4, -0.2) is 28.2 Å². The summed E-state index contributed by atoms with van der Waals surface area (Å²) in [6.45, 7) is 0.227. The minimum absolute atomic E-state index is 0.181. The zero-order valence-electron chi connectivity index (χ0n) is 14.6. The van der Waals surface area contributed by atoms with E-state index in [0.717, 1.165) is 11.3 Å². The highest BCUT2D eigenvalue weighted by Gasteiger charge is 2.09. The van der Waals surface area contributed by atoms with Crippen LogP contribution in [0.4, 0.5) is 4.39 Å². The average Bonchev–Trinajstić information content (AvgIpc) is 3.15. The topological polar surface area (TPSA) is 79.9 Å². The van der Waals surface area contributed by atoms with Gasteiger partial charge in [0, 0.05) is 16.5 Å². The van der Waals surface area contributed by atoms with Crippen molar-refractivity contribution in [2.24, 2.45) is 0 Å². The average molecular weight is 433 g/mol. The molecule has 0 aliphatic carbocycles. The lowest BCUT2D eigenvalue weighted by molar-refractivity contribution is -0.121. The van der Waals surface area contributed by atoms with Crippen molar-refractivity contribution < 1.29 is 13.9 Å². The largest absolute Gasteiger partial charge is 0.497 e. The van der Waals surface area contributed by atoms with Gasteiger partial charge >= 0.3 is 0 Å². The second-order valence-corrected chi connectivity index (χ2v) is 6.76. The molecule has 27 heavy (non-hydrogen) atoms. The van der Waals surface area contributed by atoms with E-state index in [1.807, 2.05) is 24.3 Å². The summed E-state index contributed by atoms with van der Waals surface area (Å²) in [5, 5.41) is 9.71. The molecule has 2 aromatic carbocycles.